The van der Waals surface area contributed by atoms with E-state index in [0.29, 0.717) is 5.39 Å². The molecule has 0 aliphatic rings. The first kappa shape index (κ1) is 20.9. The van der Waals surface area contributed by atoms with Gasteiger partial charge in [0, 0.05) is 10.9 Å². The van der Waals surface area contributed by atoms with E-state index in [1.54, 1.807) is 39.0 Å². The maximum Gasteiger partial charge on any atom is 0.451 e. The summed E-state index contributed by atoms with van der Waals surface area (Å²) in [6.07, 6.45) is -4.71. The molecule has 10 heteroatoms. The molecule has 2 aromatic rings. The van der Waals surface area contributed by atoms with E-state index < -0.39 is 34.7 Å². The molecule has 2 rings (SSSR count). The van der Waals surface area contributed by atoms with Gasteiger partial charge in [0.1, 0.15) is 5.03 Å². The molecular formula is C17H19F3N4O2S. The fourth-order valence-corrected chi connectivity index (χ4v) is 3.01. The highest BCUT2D eigenvalue weighted by molar-refractivity contribution is 8.00. The van der Waals surface area contributed by atoms with Crippen LogP contribution in [0.1, 0.15) is 33.5 Å². The molecule has 0 saturated heterocycles. The molecule has 1 unspecified atom stereocenters. The van der Waals surface area contributed by atoms with Crippen molar-refractivity contribution in [3.63, 3.8) is 0 Å². The first-order valence-corrected chi connectivity index (χ1v) is 8.88. The lowest BCUT2D eigenvalue weighted by Gasteiger charge is -2.21. The number of carbonyl (C=O) groups is 2. The van der Waals surface area contributed by atoms with Crippen LogP contribution < -0.4 is 10.6 Å². The molecule has 27 heavy (non-hydrogen) atoms. The Morgan fingerprint density at radius 2 is 1.74 bits per heavy atom. The zero-order chi connectivity index (χ0) is 20.4. The molecule has 0 saturated carbocycles. The minimum absolute atomic E-state index is 0.0202. The third-order valence-corrected chi connectivity index (χ3v) is 4.31. The topological polar surface area (TPSA) is 84.0 Å². The molecule has 0 bridgehead atoms. The summed E-state index contributed by atoms with van der Waals surface area (Å²) in [7, 11) is 0. The van der Waals surface area contributed by atoms with E-state index in [1.807, 2.05) is 0 Å². The van der Waals surface area contributed by atoms with E-state index in [2.05, 4.69) is 20.6 Å². The molecule has 6 nitrogen and oxygen atoms in total. The van der Waals surface area contributed by atoms with Gasteiger partial charge in [-0.05, 0) is 33.8 Å². The van der Waals surface area contributed by atoms with Gasteiger partial charge in [0.15, 0.2) is 0 Å². The van der Waals surface area contributed by atoms with Gasteiger partial charge in [-0.2, -0.15) is 13.2 Å². The molecule has 3 amide bonds. The molecule has 1 aromatic carbocycles. The molecule has 0 fully saturated rings. The normalized spacial score (nSPS) is 13.3. The van der Waals surface area contributed by atoms with E-state index in [9.17, 15) is 22.8 Å². The van der Waals surface area contributed by atoms with Gasteiger partial charge in [0.05, 0.1) is 10.8 Å². The molecule has 0 spiro atoms. The third-order valence-electron chi connectivity index (χ3n) is 3.20. The maximum atomic E-state index is 13.1. The Hall–Kier alpha value is -2.36. The Labute approximate surface area is 158 Å². The molecule has 146 valence electrons. The van der Waals surface area contributed by atoms with Gasteiger partial charge in [0.2, 0.25) is 11.7 Å². The van der Waals surface area contributed by atoms with Gasteiger partial charge in [-0.25, -0.2) is 14.8 Å². The minimum atomic E-state index is -4.71. The average Bonchev–Trinajstić information content (AvgIpc) is 2.51. The Bertz CT molecular complexity index is 865. The second-order valence-corrected chi connectivity index (χ2v) is 8.15. The number of amides is 3. The van der Waals surface area contributed by atoms with Crippen molar-refractivity contribution in [2.24, 2.45) is 0 Å². The molecule has 2 N–H and O–H groups in total. The lowest BCUT2D eigenvalue weighted by Crippen LogP contribution is -2.49. The lowest BCUT2D eigenvalue weighted by atomic mass is 10.1. The van der Waals surface area contributed by atoms with Crippen molar-refractivity contribution < 1.29 is 22.8 Å². The van der Waals surface area contributed by atoms with Crippen LogP contribution in [-0.2, 0) is 11.0 Å². The van der Waals surface area contributed by atoms with Crippen LogP contribution in [0.5, 0.6) is 0 Å². The minimum Gasteiger partial charge on any atom is -0.333 e. The average molecular weight is 400 g/mol. The molecule has 1 aromatic heterocycles. The van der Waals surface area contributed by atoms with Crippen molar-refractivity contribution >= 4 is 34.6 Å². The van der Waals surface area contributed by atoms with Gasteiger partial charge < -0.3 is 5.32 Å². The Kier molecular flexibility index (Phi) is 5.98. The second-order valence-electron chi connectivity index (χ2n) is 6.82. The zero-order valence-electron chi connectivity index (χ0n) is 15.1. The van der Waals surface area contributed by atoms with Crippen molar-refractivity contribution in [3.8, 4) is 0 Å². The predicted octanol–water partition coefficient (Wildman–Crippen LogP) is 3.75. The van der Waals surface area contributed by atoms with Gasteiger partial charge >= 0.3 is 12.2 Å². The van der Waals surface area contributed by atoms with Crippen LogP contribution in [0.15, 0.2) is 29.3 Å². The number of rotatable bonds is 3. The third kappa shape index (κ3) is 5.81. The molecule has 1 atom stereocenters. The quantitative estimate of drug-likeness (QED) is 0.606. The van der Waals surface area contributed by atoms with E-state index in [1.165, 1.54) is 13.0 Å². The molecule has 0 aliphatic heterocycles. The number of fused-ring (bicyclic) bond motifs is 1. The summed E-state index contributed by atoms with van der Waals surface area (Å²) in [5.41, 5.74) is -0.411. The number of halogens is 3. The first-order chi connectivity index (χ1) is 12.4. The standard InChI is InChI=1S/C17H19F3N4O2S/c1-9(12(25)22-15(26)24-16(2,3)4)27-13-10-7-5-6-8-11(10)21-14(23-13)17(18,19)20/h5-9H,1-4H3,(H2,22,24,25,26). The van der Waals surface area contributed by atoms with E-state index in [-0.39, 0.29) is 10.5 Å². The van der Waals surface area contributed by atoms with Crippen molar-refractivity contribution in [1.82, 2.24) is 20.6 Å². The summed E-state index contributed by atoms with van der Waals surface area (Å²) in [5.74, 6) is -1.92. The van der Waals surface area contributed by atoms with Crippen molar-refractivity contribution in [1.29, 1.82) is 0 Å². The number of alkyl halides is 3. The van der Waals surface area contributed by atoms with Crippen molar-refractivity contribution in [2.75, 3.05) is 0 Å². The maximum absolute atomic E-state index is 13.1. The predicted molar refractivity (Wildman–Crippen MR) is 96.3 cm³/mol. The molecular weight excluding hydrogens is 381 g/mol. The summed E-state index contributed by atoms with van der Waals surface area (Å²) in [4.78, 5) is 31.1. The van der Waals surface area contributed by atoms with Gasteiger partial charge in [0.25, 0.3) is 0 Å². The number of thioether (sulfide) groups is 1. The zero-order valence-corrected chi connectivity index (χ0v) is 16.0. The monoisotopic (exact) mass is 400 g/mol. The molecule has 1 heterocycles. The number of para-hydroxylation sites is 1. The van der Waals surface area contributed by atoms with Crippen LogP contribution in [0, 0.1) is 0 Å². The highest BCUT2D eigenvalue weighted by Crippen LogP contribution is 2.33. The number of urea groups is 1. The second kappa shape index (κ2) is 7.71. The van der Waals surface area contributed by atoms with Gasteiger partial charge in [-0.1, -0.05) is 30.0 Å². The first-order valence-electron chi connectivity index (χ1n) is 8.00. The van der Waals surface area contributed by atoms with E-state index in [0.717, 1.165) is 11.8 Å². The fourth-order valence-electron chi connectivity index (χ4n) is 2.07. The van der Waals surface area contributed by atoms with Crippen molar-refractivity contribution in [3.05, 3.63) is 30.1 Å². The van der Waals surface area contributed by atoms with Crippen LogP contribution in [0.25, 0.3) is 10.9 Å². The Morgan fingerprint density at radius 1 is 1.11 bits per heavy atom. The van der Waals surface area contributed by atoms with Gasteiger partial charge in [-0.3, -0.25) is 10.1 Å². The lowest BCUT2D eigenvalue weighted by molar-refractivity contribution is -0.145. The van der Waals surface area contributed by atoms with Crippen LogP contribution in [0.2, 0.25) is 0 Å². The summed E-state index contributed by atoms with van der Waals surface area (Å²) in [6, 6.07) is 5.55. The highest BCUT2D eigenvalue weighted by atomic mass is 32.2. The summed E-state index contributed by atoms with van der Waals surface area (Å²) in [6.45, 7) is 6.73. The van der Waals surface area contributed by atoms with Crippen LogP contribution >= 0.6 is 11.8 Å². The molecule has 0 radical (unpaired) electrons. The van der Waals surface area contributed by atoms with Crippen LogP contribution in [0.3, 0.4) is 0 Å². The Morgan fingerprint density at radius 3 is 2.33 bits per heavy atom. The summed E-state index contributed by atoms with van der Waals surface area (Å²) >= 11 is 0.828. The van der Waals surface area contributed by atoms with Crippen LogP contribution in [0.4, 0.5) is 18.0 Å². The fraction of sp³-hybridized carbons (Fsp3) is 0.412. The number of hydrogen-bond donors (Lipinski definition) is 2. The number of benzene rings is 1. The smallest absolute Gasteiger partial charge is 0.333 e. The number of hydrogen-bond acceptors (Lipinski definition) is 5. The Balaban J connectivity index is 2.24. The largest absolute Gasteiger partial charge is 0.451 e. The van der Waals surface area contributed by atoms with Gasteiger partial charge in [-0.15, -0.1) is 0 Å². The van der Waals surface area contributed by atoms with E-state index >= 15 is 0 Å². The summed E-state index contributed by atoms with van der Waals surface area (Å²) < 4.78 is 39.2. The van der Waals surface area contributed by atoms with Crippen molar-refractivity contribution in [2.45, 2.75) is 49.7 Å². The number of aromatic nitrogens is 2. The highest BCUT2D eigenvalue weighted by Gasteiger charge is 2.36. The number of imide groups is 1. The van der Waals surface area contributed by atoms with Crippen LogP contribution in [-0.4, -0.2) is 32.7 Å². The van der Waals surface area contributed by atoms with E-state index in [4.69, 9.17) is 0 Å². The number of nitrogens with zero attached hydrogens (tertiary/aromatic N) is 2. The number of nitrogens with one attached hydrogen (secondary N) is 2. The molecule has 0 aliphatic carbocycles. The SMILES string of the molecule is CC(Sc1nc(C(F)(F)F)nc2ccccc12)C(=O)NC(=O)NC(C)(C)C. The summed E-state index contributed by atoms with van der Waals surface area (Å²) in [5, 5.41) is 4.31. The number of carbonyl (C=O) groups excluding carboxylic acids is 2.